The van der Waals surface area contributed by atoms with Gasteiger partial charge in [0, 0.05) is 13.2 Å². The SMILES string of the molecule is Cc1c(NC(=O)c2ccn(COc3cccc(C(F)(F)F)c3)n2)cnn1C. The topological polar surface area (TPSA) is 74.0 Å². The number of anilines is 1. The first-order valence-corrected chi connectivity index (χ1v) is 7.87. The van der Waals surface area contributed by atoms with Gasteiger partial charge in [0.1, 0.15) is 5.75 Å². The Bertz CT molecular complexity index is 962. The average molecular weight is 379 g/mol. The third-order valence-electron chi connectivity index (χ3n) is 3.88. The van der Waals surface area contributed by atoms with Crippen molar-refractivity contribution in [2.45, 2.75) is 19.8 Å². The first kappa shape index (κ1) is 18.5. The standard InChI is InChI=1S/C17H16F3N5O2/c1-11-15(9-21-24(11)2)22-16(26)14-6-7-25(23-14)10-27-13-5-3-4-12(8-13)17(18,19)20/h3-9H,10H2,1-2H3,(H,22,26). The van der Waals surface area contributed by atoms with Gasteiger partial charge in [0.25, 0.3) is 5.91 Å². The minimum Gasteiger partial charge on any atom is -0.471 e. The lowest BCUT2D eigenvalue weighted by Crippen LogP contribution is -2.14. The van der Waals surface area contributed by atoms with E-state index in [0.29, 0.717) is 5.69 Å². The summed E-state index contributed by atoms with van der Waals surface area (Å²) in [6.45, 7) is 1.67. The molecule has 2 heterocycles. The van der Waals surface area contributed by atoms with Crippen molar-refractivity contribution in [2.24, 2.45) is 7.05 Å². The second-order valence-electron chi connectivity index (χ2n) is 5.76. The van der Waals surface area contributed by atoms with Gasteiger partial charge in [-0.2, -0.15) is 23.4 Å². The molecule has 2 aromatic heterocycles. The van der Waals surface area contributed by atoms with Crippen LogP contribution in [0.2, 0.25) is 0 Å². The highest BCUT2D eigenvalue weighted by Crippen LogP contribution is 2.31. The summed E-state index contributed by atoms with van der Waals surface area (Å²) in [6.07, 6.45) is -1.42. The van der Waals surface area contributed by atoms with Crippen molar-refractivity contribution in [3.63, 3.8) is 0 Å². The van der Waals surface area contributed by atoms with Crippen LogP contribution in [0.15, 0.2) is 42.7 Å². The zero-order valence-electron chi connectivity index (χ0n) is 14.5. The Kier molecular flexibility index (Phi) is 4.89. The maximum atomic E-state index is 12.7. The molecule has 0 aliphatic heterocycles. The quantitative estimate of drug-likeness (QED) is 0.739. The zero-order valence-corrected chi connectivity index (χ0v) is 14.5. The summed E-state index contributed by atoms with van der Waals surface area (Å²) in [5.41, 5.74) is 0.700. The Hall–Kier alpha value is -3.30. The van der Waals surface area contributed by atoms with Crippen LogP contribution >= 0.6 is 0 Å². The Balaban J connectivity index is 1.63. The maximum absolute atomic E-state index is 12.7. The van der Waals surface area contributed by atoms with Crippen LogP contribution in [-0.2, 0) is 20.0 Å². The monoisotopic (exact) mass is 379 g/mol. The fraction of sp³-hybridized carbons (Fsp3) is 0.235. The molecule has 0 aliphatic rings. The van der Waals surface area contributed by atoms with Crippen molar-refractivity contribution in [3.05, 3.63) is 59.7 Å². The fourth-order valence-electron chi connectivity index (χ4n) is 2.27. The van der Waals surface area contributed by atoms with Gasteiger partial charge in [-0.1, -0.05) is 6.07 Å². The van der Waals surface area contributed by atoms with Gasteiger partial charge < -0.3 is 10.1 Å². The molecule has 1 N–H and O–H groups in total. The van der Waals surface area contributed by atoms with Crippen molar-refractivity contribution < 1.29 is 22.7 Å². The van der Waals surface area contributed by atoms with Crippen LogP contribution in [0.4, 0.5) is 18.9 Å². The van der Waals surface area contributed by atoms with E-state index in [4.69, 9.17) is 4.74 Å². The first-order valence-electron chi connectivity index (χ1n) is 7.87. The molecular weight excluding hydrogens is 363 g/mol. The molecule has 1 aromatic carbocycles. The Morgan fingerprint density at radius 2 is 2.07 bits per heavy atom. The lowest BCUT2D eigenvalue weighted by atomic mass is 10.2. The van der Waals surface area contributed by atoms with E-state index in [1.54, 1.807) is 11.7 Å². The number of halogens is 3. The number of hydrogen-bond donors (Lipinski definition) is 1. The molecular formula is C17H16F3N5O2. The number of aromatic nitrogens is 4. The number of aryl methyl sites for hydroxylation is 1. The van der Waals surface area contributed by atoms with Gasteiger partial charge in [0.05, 0.1) is 23.1 Å². The van der Waals surface area contributed by atoms with Gasteiger partial charge in [0.15, 0.2) is 12.4 Å². The van der Waals surface area contributed by atoms with Gasteiger partial charge in [-0.05, 0) is 31.2 Å². The molecule has 0 saturated carbocycles. The van der Waals surface area contributed by atoms with Crippen LogP contribution in [-0.4, -0.2) is 25.5 Å². The van der Waals surface area contributed by atoms with Gasteiger partial charge in [-0.15, -0.1) is 0 Å². The molecule has 0 unspecified atom stereocenters. The highest BCUT2D eigenvalue weighted by Gasteiger charge is 2.30. The third-order valence-corrected chi connectivity index (χ3v) is 3.88. The van der Waals surface area contributed by atoms with E-state index in [-0.39, 0.29) is 18.2 Å². The number of nitrogens with zero attached hydrogens (tertiary/aromatic N) is 4. The van der Waals surface area contributed by atoms with E-state index in [9.17, 15) is 18.0 Å². The van der Waals surface area contributed by atoms with Gasteiger partial charge in [-0.25, -0.2) is 4.68 Å². The molecule has 7 nitrogen and oxygen atoms in total. The molecule has 3 aromatic rings. The van der Waals surface area contributed by atoms with E-state index in [2.05, 4.69) is 15.5 Å². The number of rotatable bonds is 5. The average Bonchev–Trinajstić information content (AvgIpc) is 3.22. The molecule has 0 bridgehead atoms. The predicted octanol–water partition coefficient (Wildman–Crippen LogP) is 3.23. The molecule has 0 aliphatic carbocycles. The minimum atomic E-state index is -4.44. The summed E-state index contributed by atoms with van der Waals surface area (Å²) < 4.78 is 46.4. The maximum Gasteiger partial charge on any atom is 0.416 e. The molecule has 27 heavy (non-hydrogen) atoms. The van der Waals surface area contributed by atoms with Crippen LogP contribution < -0.4 is 10.1 Å². The van der Waals surface area contributed by atoms with E-state index in [1.165, 1.54) is 35.3 Å². The lowest BCUT2D eigenvalue weighted by Gasteiger charge is -2.10. The number of carbonyl (C=O) groups is 1. The molecule has 142 valence electrons. The third kappa shape index (κ3) is 4.27. The highest BCUT2D eigenvalue weighted by molar-refractivity contribution is 6.03. The van der Waals surface area contributed by atoms with Crippen LogP contribution in [0.25, 0.3) is 0 Å². The minimum absolute atomic E-state index is 0.0531. The largest absolute Gasteiger partial charge is 0.471 e. The number of carbonyl (C=O) groups excluding carboxylic acids is 1. The normalized spacial score (nSPS) is 11.4. The number of alkyl halides is 3. The molecule has 10 heteroatoms. The highest BCUT2D eigenvalue weighted by atomic mass is 19.4. The van der Waals surface area contributed by atoms with Crippen molar-refractivity contribution in [3.8, 4) is 5.75 Å². The number of nitrogens with one attached hydrogen (secondary N) is 1. The van der Waals surface area contributed by atoms with Crippen LogP contribution in [0, 0.1) is 6.92 Å². The number of ether oxygens (including phenoxy) is 1. The summed E-state index contributed by atoms with van der Waals surface area (Å²) in [7, 11) is 1.75. The summed E-state index contributed by atoms with van der Waals surface area (Å²) in [5.74, 6) is -0.374. The zero-order chi connectivity index (χ0) is 19.6. The summed E-state index contributed by atoms with van der Waals surface area (Å²) in [6, 6.07) is 6.02. The first-order chi connectivity index (χ1) is 12.7. The Labute approximate surface area is 152 Å². The van der Waals surface area contributed by atoms with E-state index in [0.717, 1.165) is 17.8 Å². The number of amides is 1. The van der Waals surface area contributed by atoms with Crippen LogP contribution in [0.5, 0.6) is 5.75 Å². The second kappa shape index (κ2) is 7.14. The van der Waals surface area contributed by atoms with E-state index >= 15 is 0 Å². The van der Waals surface area contributed by atoms with Crippen molar-refractivity contribution in [2.75, 3.05) is 5.32 Å². The van der Waals surface area contributed by atoms with E-state index < -0.39 is 17.6 Å². The molecule has 0 spiro atoms. The van der Waals surface area contributed by atoms with E-state index in [1.807, 2.05) is 6.92 Å². The molecule has 0 atom stereocenters. The van der Waals surface area contributed by atoms with Crippen LogP contribution in [0.1, 0.15) is 21.7 Å². The van der Waals surface area contributed by atoms with Gasteiger partial charge in [-0.3, -0.25) is 9.48 Å². The molecule has 0 radical (unpaired) electrons. The van der Waals surface area contributed by atoms with Crippen LogP contribution in [0.3, 0.4) is 0 Å². The molecule has 3 rings (SSSR count). The lowest BCUT2D eigenvalue weighted by molar-refractivity contribution is -0.137. The molecule has 1 amide bonds. The molecule has 0 saturated heterocycles. The summed E-state index contributed by atoms with van der Waals surface area (Å²) >= 11 is 0. The van der Waals surface area contributed by atoms with Gasteiger partial charge in [0.2, 0.25) is 0 Å². The number of benzene rings is 1. The Morgan fingerprint density at radius 3 is 2.74 bits per heavy atom. The van der Waals surface area contributed by atoms with Crippen molar-refractivity contribution in [1.82, 2.24) is 19.6 Å². The predicted molar refractivity (Wildman–Crippen MR) is 90.2 cm³/mol. The smallest absolute Gasteiger partial charge is 0.416 e. The Morgan fingerprint density at radius 1 is 1.30 bits per heavy atom. The van der Waals surface area contributed by atoms with Gasteiger partial charge >= 0.3 is 6.18 Å². The molecule has 0 fully saturated rings. The second-order valence-corrected chi connectivity index (χ2v) is 5.76. The van der Waals surface area contributed by atoms with Crippen molar-refractivity contribution >= 4 is 11.6 Å². The van der Waals surface area contributed by atoms with Crippen molar-refractivity contribution in [1.29, 1.82) is 0 Å². The summed E-state index contributed by atoms with van der Waals surface area (Å²) in [5, 5.41) is 10.8. The number of hydrogen-bond acceptors (Lipinski definition) is 4. The fourth-order valence-corrected chi connectivity index (χ4v) is 2.27. The summed E-state index contributed by atoms with van der Waals surface area (Å²) in [4.78, 5) is 12.2.